The van der Waals surface area contributed by atoms with Gasteiger partial charge in [0.15, 0.2) is 0 Å². The molecule has 0 saturated heterocycles. The van der Waals surface area contributed by atoms with Crippen molar-refractivity contribution in [3.05, 3.63) is 0 Å². The summed E-state index contributed by atoms with van der Waals surface area (Å²) < 4.78 is 6.47. The van der Waals surface area contributed by atoms with Crippen LogP contribution in [0.3, 0.4) is 0 Å². The normalized spacial score (nSPS) is 3.00. The average Bonchev–Trinajstić information content (AvgIpc) is 1.50. The average molecular weight is 86.5 g/mol. The van der Waals surface area contributed by atoms with Gasteiger partial charge in [0, 0.05) is 0 Å². The smallest absolute Gasteiger partial charge is 0.0579 e. The predicted molar refractivity (Wildman–Crippen MR) is 13.3 cm³/mol. The molecule has 0 aromatic rings. The Hall–Kier alpha value is 0.170. The minimum Gasteiger partial charge on any atom is -0.295 e. The Kier molecular flexibility index (Phi) is 1150. The molecule has 0 aliphatic rings. The van der Waals surface area contributed by atoms with Crippen LogP contribution in [0.2, 0.25) is 0 Å². The molecule has 0 saturated carbocycles. The van der Waals surface area contributed by atoms with Crippen molar-refractivity contribution in [2.24, 2.45) is 0 Å². The summed E-state index contributed by atoms with van der Waals surface area (Å²) in [5.74, 6) is 0. The summed E-state index contributed by atoms with van der Waals surface area (Å²) in [6.45, 7) is 0. The molecule has 3 nitrogen and oxygen atoms in total. The molecule has 0 radical (unpaired) electrons. The molecule has 0 atom stereocenters. The molecular formula is H3ClO3. The van der Waals surface area contributed by atoms with Crippen LogP contribution in [0, 0.1) is 0 Å². The van der Waals surface area contributed by atoms with Crippen molar-refractivity contribution in [3.8, 4) is 0 Å². The van der Waals surface area contributed by atoms with Crippen LogP contribution in [0.1, 0.15) is 0 Å². The Labute approximate surface area is 28.2 Å². The number of hydrogen-bond donors (Lipinski definition) is 3. The van der Waals surface area contributed by atoms with E-state index in [0.29, 0.717) is 0 Å². The van der Waals surface area contributed by atoms with Crippen LogP contribution in [0.15, 0.2) is 0 Å². The summed E-state index contributed by atoms with van der Waals surface area (Å²) in [5, 5.41) is 12.0. The van der Waals surface area contributed by atoms with Crippen LogP contribution < -0.4 is 0 Å². The van der Waals surface area contributed by atoms with Crippen LogP contribution in [0.4, 0.5) is 0 Å². The Morgan fingerprint density at radius 2 is 1.00 bits per heavy atom. The van der Waals surface area contributed by atoms with Crippen molar-refractivity contribution >= 4 is 11.9 Å². The fourth-order valence-electron chi connectivity index (χ4n) is 0. The monoisotopic (exact) mass is 86.0 g/mol. The topological polar surface area (TPSA) is 60.7 Å². The summed E-state index contributed by atoms with van der Waals surface area (Å²) in [4.78, 5) is 0. The van der Waals surface area contributed by atoms with Gasteiger partial charge in [-0.2, -0.15) is 0 Å². The fourth-order valence-corrected chi connectivity index (χ4v) is 0. The third kappa shape index (κ3) is 103. The summed E-state index contributed by atoms with van der Waals surface area (Å²) in [6, 6.07) is 0. The van der Waals surface area contributed by atoms with Gasteiger partial charge in [-0.05, 0) is 0 Å². The van der Waals surface area contributed by atoms with E-state index < -0.39 is 0 Å². The van der Waals surface area contributed by atoms with Gasteiger partial charge in [0.1, 0.15) is 0 Å². The third-order valence-corrected chi connectivity index (χ3v) is 0. The van der Waals surface area contributed by atoms with Crippen molar-refractivity contribution in [3.63, 3.8) is 0 Å². The molecule has 0 amide bonds. The quantitative estimate of drug-likeness (QED) is 0.291. The zero-order valence-corrected chi connectivity index (χ0v) is 2.48. The zero-order valence-electron chi connectivity index (χ0n) is 1.72. The van der Waals surface area contributed by atoms with E-state index in [-0.39, 0.29) is 0 Å². The van der Waals surface area contributed by atoms with Gasteiger partial charge < -0.3 is 0 Å². The van der Waals surface area contributed by atoms with Crippen LogP contribution in [-0.2, 0) is 0 Å². The molecule has 0 aromatic carbocycles. The first kappa shape index (κ1) is 8.90. The van der Waals surface area contributed by atoms with Crippen LogP contribution in [-0.4, -0.2) is 15.2 Å². The highest BCUT2D eigenvalue weighted by molar-refractivity contribution is 6.04. The summed E-state index contributed by atoms with van der Waals surface area (Å²) in [5.41, 5.74) is 0. The van der Waals surface area contributed by atoms with Gasteiger partial charge in [0.25, 0.3) is 0 Å². The van der Waals surface area contributed by atoms with Gasteiger partial charge in [-0.25, -0.2) is 0 Å². The lowest BCUT2D eigenvalue weighted by molar-refractivity contribution is -0.176. The molecule has 0 spiro atoms. The first-order valence-electron chi connectivity index (χ1n) is 0.369. The maximum absolute atomic E-state index is 6.47. The minimum absolute atomic E-state index is 3.64. The van der Waals surface area contributed by atoms with Crippen LogP contribution in [0.25, 0.3) is 0 Å². The van der Waals surface area contributed by atoms with Gasteiger partial charge in [0.2, 0.25) is 0 Å². The molecule has 4 heavy (non-hydrogen) atoms. The highest BCUT2D eigenvalue weighted by Crippen LogP contribution is 1.31. The van der Waals surface area contributed by atoms with E-state index in [1.807, 2.05) is 0 Å². The Bertz CT molecular complexity index is 3.25. The molecule has 0 heterocycles. The van der Waals surface area contributed by atoms with Gasteiger partial charge in [-0.1, -0.05) is 0 Å². The molecule has 0 unspecified atom stereocenters. The summed E-state index contributed by atoms with van der Waals surface area (Å²) >= 11 is 3.64. The van der Waals surface area contributed by atoms with Gasteiger partial charge in [-0.3, -0.25) is 15.2 Å². The van der Waals surface area contributed by atoms with E-state index in [0.717, 1.165) is 0 Å². The Morgan fingerprint density at radius 3 is 1.00 bits per heavy atom. The van der Waals surface area contributed by atoms with Crippen molar-refractivity contribution in [2.75, 3.05) is 0 Å². The van der Waals surface area contributed by atoms with E-state index >= 15 is 0 Å². The lowest BCUT2D eigenvalue weighted by atomic mass is 15.0. The lowest BCUT2D eigenvalue weighted by Gasteiger charge is -1.25. The zero-order chi connectivity index (χ0) is 4.00. The van der Waals surface area contributed by atoms with E-state index in [4.69, 9.17) is 15.2 Å². The molecular weight excluding hydrogens is 83.5 g/mol. The standard InChI is InChI=1S/ClHO.H2O2/c2*1-2/h2H;1-2H. The molecule has 28 valence electrons. The molecule has 0 aliphatic heterocycles. The predicted octanol–water partition coefficient (Wildman–Crippen LogP) is 0.150. The first-order valence-corrected chi connectivity index (χ1v) is 0.707. The minimum atomic E-state index is 3.64. The Balaban J connectivity index is 0. The second-order valence-electron chi connectivity index (χ2n) is 0. The second-order valence-corrected chi connectivity index (χ2v) is 0. The van der Waals surface area contributed by atoms with Crippen LogP contribution in [0.5, 0.6) is 0 Å². The van der Waals surface area contributed by atoms with E-state index in [1.54, 1.807) is 0 Å². The summed E-state index contributed by atoms with van der Waals surface area (Å²) in [7, 11) is 0. The lowest BCUT2D eigenvalue weighted by Crippen LogP contribution is -1.29. The van der Waals surface area contributed by atoms with Crippen molar-refractivity contribution < 1.29 is 15.2 Å². The maximum atomic E-state index is 6.47. The summed E-state index contributed by atoms with van der Waals surface area (Å²) in [6.07, 6.45) is 0. The SMILES string of the molecule is OCl.OO. The van der Waals surface area contributed by atoms with Gasteiger partial charge in [-0.15, -0.1) is 0 Å². The molecule has 0 rings (SSSR count). The third-order valence-electron chi connectivity index (χ3n) is 0. The van der Waals surface area contributed by atoms with Crippen molar-refractivity contribution in [1.29, 1.82) is 0 Å². The van der Waals surface area contributed by atoms with Crippen molar-refractivity contribution in [2.45, 2.75) is 0 Å². The first-order chi connectivity index (χ1) is 2.00. The van der Waals surface area contributed by atoms with Crippen molar-refractivity contribution in [1.82, 2.24) is 0 Å². The Morgan fingerprint density at radius 1 is 1.00 bits per heavy atom. The fraction of sp³-hybridized carbons (Fsp3) is 0. The molecule has 0 bridgehead atoms. The van der Waals surface area contributed by atoms with E-state index in [1.165, 1.54) is 0 Å². The maximum Gasteiger partial charge on any atom is 0.0579 e. The molecule has 0 aliphatic carbocycles. The largest absolute Gasteiger partial charge is 0.295 e. The molecule has 0 fully saturated rings. The molecule has 4 heteroatoms. The number of halogens is 1. The second kappa shape index (κ2) is 517. The van der Waals surface area contributed by atoms with Gasteiger partial charge in [0.05, 0.1) is 11.9 Å². The highest BCUT2D eigenvalue weighted by Gasteiger charge is 0.897. The van der Waals surface area contributed by atoms with Crippen LogP contribution >= 0.6 is 11.9 Å². The van der Waals surface area contributed by atoms with E-state index in [9.17, 15) is 0 Å². The number of hydrogen-bond acceptors (Lipinski definition) is 3. The number of rotatable bonds is 0. The molecule has 3 N–H and O–H groups in total. The van der Waals surface area contributed by atoms with E-state index in [2.05, 4.69) is 11.9 Å². The highest BCUT2D eigenvalue weighted by atomic mass is 35.5. The van der Waals surface area contributed by atoms with Gasteiger partial charge >= 0.3 is 0 Å². The molecule has 0 aromatic heterocycles.